The van der Waals surface area contributed by atoms with Gasteiger partial charge in [-0.2, -0.15) is 15.1 Å². The second kappa shape index (κ2) is 9.26. The van der Waals surface area contributed by atoms with Crippen molar-refractivity contribution in [2.45, 2.75) is 38.7 Å². The molecule has 2 aromatic carbocycles. The molecule has 0 aliphatic carbocycles. The van der Waals surface area contributed by atoms with Crippen LogP contribution in [-0.4, -0.2) is 77.0 Å². The molecule has 5 saturated heterocycles. The summed E-state index contributed by atoms with van der Waals surface area (Å²) in [5.41, 5.74) is 3.46. The number of rotatable bonds is 4. The van der Waals surface area contributed by atoms with Crippen LogP contribution in [-0.2, 0) is 0 Å². The number of hydrogen-bond donors (Lipinski definition) is 2. The fourth-order valence-electron chi connectivity index (χ4n) is 7.35. The Hall–Kier alpha value is -3.01. The summed E-state index contributed by atoms with van der Waals surface area (Å²) in [6.07, 6.45) is 6.15. The van der Waals surface area contributed by atoms with Crippen LogP contribution in [0.5, 0.6) is 6.01 Å². The number of ether oxygens (including phenoxy) is 1. The number of hydrogen-bond acceptors (Lipinski definition) is 7. The normalized spacial score (nSPS) is 25.6. The molecule has 10 heteroatoms. The van der Waals surface area contributed by atoms with E-state index in [1.165, 1.54) is 0 Å². The standard InChI is InChI=1S/C30H33ClFN7O/c1-17-2-3-22-20(13-34-37-22)24(17)25-21(31)12-19-27(26(25)32)35-29(40-23-14-38-8-4-18(23)5-9-38)36-28(19)39-10-6-30(7-11-39)15-33-16-30/h2-3,12-13,18,23,33H,4-11,14-16H2,1H3,(H,34,37). The SMILES string of the molecule is Cc1ccc2[nH]ncc2c1-c1c(Cl)cc2c(N3CCC4(CC3)CNC4)nc(OC3CN4CCC3CC4)nc2c1F. The number of aromatic amines is 1. The van der Waals surface area contributed by atoms with Gasteiger partial charge in [-0.3, -0.25) is 10.00 Å². The minimum Gasteiger partial charge on any atom is -0.458 e. The minimum atomic E-state index is -0.446. The Balaban J connectivity index is 1.27. The lowest BCUT2D eigenvalue weighted by atomic mass is 9.73. The van der Waals surface area contributed by atoms with Crippen molar-refractivity contribution in [1.29, 1.82) is 0 Å². The number of fused-ring (bicyclic) bond motifs is 5. The van der Waals surface area contributed by atoms with Crippen LogP contribution < -0.4 is 15.0 Å². The Kier molecular flexibility index (Phi) is 5.73. The highest BCUT2D eigenvalue weighted by Gasteiger charge is 2.41. The Morgan fingerprint density at radius 1 is 1.05 bits per heavy atom. The van der Waals surface area contributed by atoms with Gasteiger partial charge in [0.1, 0.15) is 17.4 Å². The van der Waals surface area contributed by atoms with Crippen LogP contribution in [0.2, 0.25) is 5.02 Å². The van der Waals surface area contributed by atoms with Gasteiger partial charge >= 0.3 is 6.01 Å². The lowest BCUT2D eigenvalue weighted by molar-refractivity contribution is -0.0121. The molecule has 5 fully saturated rings. The van der Waals surface area contributed by atoms with Crippen LogP contribution in [0.4, 0.5) is 10.2 Å². The summed E-state index contributed by atoms with van der Waals surface area (Å²) in [6, 6.07) is 6.02. The molecule has 4 aromatic rings. The number of benzene rings is 2. The molecule has 0 amide bonds. The van der Waals surface area contributed by atoms with Crippen molar-refractivity contribution in [1.82, 2.24) is 30.4 Å². The quantitative estimate of drug-likeness (QED) is 0.365. The number of halogens is 2. The van der Waals surface area contributed by atoms with Gasteiger partial charge in [-0.1, -0.05) is 17.7 Å². The van der Waals surface area contributed by atoms with E-state index >= 15 is 4.39 Å². The molecule has 7 heterocycles. The molecule has 0 saturated carbocycles. The Morgan fingerprint density at radius 3 is 2.55 bits per heavy atom. The summed E-state index contributed by atoms with van der Waals surface area (Å²) < 4.78 is 23.3. The third-order valence-corrected chi connectivity index (χ3v) is 10.2. The first-order chi connectivity index (χ1) is 19.5. The molecule has 1 unspecified atom stereocenters. The number of nitrogens with one attached hydrogen (secondary N) is 2. The molecule has 1 spiro atoms. The van der Waals surface area contributed by atoms with Crippen molar-refractivity contribution >= 4 is 39.2 Å². The molecule has 0 radical (unpaired) electrons. The van der Waals surface area contributed by atoms with Crippen LogP contribution in [0.1, 0.15) is 31.2 Å². The maximum atomic E-state index is 16.8. The highest BCUT2D eigenvalue weighted by molar-refractivity contribution is 6.35. The first kappa shape index (κ1) is 24.8. The Morgan fingerprint density at radius 2 is 1.85 bits per heavy atom. The molecular weight excluding hydrogens is 529 g/mol. The summed E-state index contributed by atoms with van der Waals surface area (Å²) in [5, 5.41) is 12.4. The fourth-order valence-corrected chi connectivity index (χ4v) is 7.63. The van der Waals surface area contributed by atoms with Crippen molar-refractivity contribution in [3.63, 3.8) is 0 Å². The molecule has 2 aromatic heterocycles. The molecule has 2 N–H and O–H groups in total. The van der Waals surface area contributed by atoms with Gasteiger partial charge in [0.05, 0.1) is 16.7 Å². The zero-order valence-corrected chi connectivity index (χ0v) is 23.4. The van der Waals surface area contributed by atoms with Gasteiger partial charge in [0.25, 0.3) is 0 Å². The highest BCUT2D eigenvalue weighted by Crippen LogP contribution is 2.44. The van der Waals surface area contributed by atoms with E-state index in [1.54, 1.807) is 6.20 Å². The maximum Gasteiger partial charge on any atom is 0.319 e. The van der Waals surface area contributed by atoms with Crippen molar-refractivity contribution in [3.05, 3.63) is 40.8 Å². The molecule has 208 valence electrons. The molecule has 5 aliphatic rings. The fraction of sp³-hybridized carbons (Fsp3) is 0.500. The lowest BCUT2D eigenvalue weighted by Gasteiger charge is -2.48. The zero-order valence-electron chi connectivity index (χ0n) is 22.6. The van der Waals surface area contributed by atoms with Crippen molar-refractivity contribution in [2.75, 3.05) is 50.7 Å². The summed E-state index contributed by atoms with van der Waals surface area (Å²) in [5.74, 6) is 0.757. The van der Waals surface area contributed by atoms with E-state index in [4.69, 9.17) is 26.3 Å². The van der Waals surface area contributed by atoms with Crippen LogP contribution in [0.15, 0.2) is 24.4 Å². The Labute approximate surface area is 237 Å². The monoisotopic (exact) mass is 561 g/mol. The second-order valence-electron chi connectivity index (χ2n) is 12.2. The van der Waals surface area contributed by atoms with Crippen molar-refractivity contribution in [2.24, 2.45) is 11.3 Å². The maximum absolute atomic E-state index is 16.8. The van der Waals surface area contributed by atoms with Gasteiger partial charge in [0.15, 0.2) is 5.82 Å². The van der Waals surface area contributed by atoms with Gasteiger partial charge in [0.2, 0.25) is 0 Å². The third-order valence-electron chi connectivity index (χ3n) is 9.90. The zero-order chi connectivity index (χ0) is 27.0. The summed E-state index contributed by atoms with van der Waals surface area (Å²) in [7, 11) is 0. The highest BCUT2D eigenvalue weighted by atomic mass is 35.5. The first-order valence-electron chi connectivity index (χ1n) is 14.5. The predicted octanol–water partition coefficient (Wildman–Crippen LogP) is 4.94. The van der Waals surface area contributed by atoms with Gasteiger partial charge in [-0.25, -0.2) is 4.39 Å². The number of nitrogens with zero attached hydrogens (tertiary/aromatic N) is 5. The van der Waals surface area contributed by atoms with Gasteiger partial charge in [-0.05, 0) is 74.7 Å². The first-order valence-corrected chi connectivity index (χ1v) is 14.8. The summed E-state index contributed by atoms with van der Waals surface area (Å²) in [4.78, 5) is 14.4. The molecule has 8 nitrogen and oxygen atoms in total. The molecule has 5 aliphatic heterocycles. The lowest BCUT2D eigenvalue weighted by Crippen LogP contribution is -2.58. The van der Waals surface area contributed by atoms with Gasteiger partial charge < -0.3 is 15.0 Å². The second-order valence-corrected chi connectivity index (χ2v) is 12.7. The molecule has 2 bridgehead atoms. The van der Waals surface area contributed by atoms with Gasteiger partial charge in [0, 0.05) is 54.6 Å². The van der Waals surface area contributed by atoms with E-state index in [0.29, 0.717) is 33.1 Å². The van der Waals surface area contributed by atoms with Crippen LogP contribution in [0.3, 0.4) is 0 Å². The van der Waals surface area contributed by atoms with Crippen LogP contribution in [0, 0.1) is 24.1 Å². The van der Waals surface area contributed by atoms with E-state index < -0.39 is 5.82 Å². The van der Waals surface area contributed by atoms with Crippen LogP contribution >= 0.6 is 11.6 Å². The van der Waals surface area contributed by atoms with Crippen LogP contribution in [0.25, 0.3) is 32.9 Å². The van der Waals surface area contributed by atoms with Crippen molar-refractivity contribution < 1.29 is 9.13 Å². The molecule has 40 heavy (non-hydrogen) atoms. The van der Waals surface area contributed by atoms with Crippen molar-refractivity contribution in [3.8, 4) is 17.1 Å². The number of aromatic nitrogens is 4. The number of piperidine rings is 4. The summed E-state index contributed by atoms with van der Waals surface area (Å²) in [6.45, 7) is 8.94. The minimum absolute atomic E-state index is 0.0234. The number of H-pyrrole nitrogens is 1. The molecule has 9 rings (SSSR count). The molecular formula is C30H33ClFN7O. The number of aryl methyl sites for hydroxylation is 1. The topological polar surface area (TPSA) is 82.2 Å². The third kappa shape index (κ3) is 3.89. The largest absolute Gasteiger partial charge is 0.458 e. The average molecular weight is 562 g/mol. The number of anilines is 1. The average Bonchev–Trinajstić information content (AvgIpc) is 3.43. The van der Waals surface area contributed by atoms with E-state index in [2.05, 4.69) is 25.3 Å². The van der Waals surface area contributed by atoms with E-state index in [-0.39, 0.29) is 17.6 Å². The Bertz CT molecular complexity index is 1620. The summed E-state index contributed by atoms with van der Waals surface area (Å²) >= 11 is 6.92. The predicted molar refractivity (Wildman–Crippen MR) is 155 cm³/mol. The van der Waals surface area contributed by atoms with Gasteiger partial charge in [-0.15, -0.1) is 0 Å². The molecule has 1 atom stereocenters. The van der Waals surface area contributed by atoms with E-state index in [1.807, 2.05) is 25.1 Å². The van der Waals surface area contributed by atoms with E-state index in [0.717, 1.165) is 93.5 Å². The van der Waals surface area contributed by atoms with E-state index in [9.17, 15) is 0 Å². The smallest absolute Gasteiger partial charge is 0.319 e.